The lowest BCUT2D eigenvalue weighted by Crippen LogP contribution is -2.23. The number of benzene rings is 1. The second-order valence-electron chi connectivity index (χ2n) is 4.12. The van der Waals surface area contributed by atoms with E-state index in [9.17, 15) is 4.79 Å². The van der Waals surface area contributed by atoms with Crippen LogP contribution in [0.25, 0.3) is 6.08 Å². The Kier molecular flexibility index (Phi) is 5.25. The summed E-state index contributed by atoms with van der Waals surface area (Å²) in [6.07, 6.45) is 1.83. The molecule has 5 nitrogen and oxygen atoms in total. The molecule has 0 aromatic heterocycles. The highest BCUT2D eigenvalue weighted by atomic mass is 127. The van der Waals surface area contributed by atoms with E-state index in [0.717, 1.165) is 9.13 Å². The molecular weight excluding hydrogens is 401 g/mol. The largest absolute Gasteiger partial charge is 0.478 e. The minimum absolute atomic E-state index is 0.0197. The van der Waals surface area contributed by atoms with Gasteiger partial charge in [0.05, 0.1) is 8.48 Å². The third kappa shape index (κ3) is 3.57. The highest BCUT2D eigenvalue weighted by molar-refractivity contribution is 14.1. The maximum Gasteiger partial charge on any atom is 0.266 e. The molecule has 0 atom stereocenters. The summed E-state index contributed by atoms with van der Waals surface area (Å²) in [5, 5.41) is 9.21. The summed E-state index contributed by atoms with van der Waals surface area (Å²) in [7, 11) is 3.38. The fraction of sp³-hybridized carbons (Fsp3) is 0.214. The average molecular weight is 413 g/mol. The molecule has 0 unspecified atom stereocenters. The van der Waals surface area contributed by atoms with Crippen molar-refractivity contribution >= 4 is 51.5 Å². The van der Waals surface area contributed by atoms with Crippen LogP contribution in [-0.2, 0) is 4.79 Å². The molecule has 1 aromatic rings. The van der Waals surface area contributed by atoms with Crippen LogP contribution in [0.3, 0.4) is 0 Å². The molecule has 0 saturated carbocycles. The van der Waals surface area contributed by atoms with Crippen LogP contribution in [0.2, 0.25) is 0 Å². The van der Waals surface area contributed by atoms with Gasteiger partial charge < -0.3 is 4.74 Å². The second kappa shape index (κ2) is 6.95. The highest BCUT2D eigenvalue weighted by Crippen LogP contribution is 2.32. The van der Waals surface area contributed by atoms with Crippen LogP contribution in [-0.4, -0.2) is 36.7 Å². The van der Waals surface area contributed by atoms with Gasteiger partial charge in [0.2, 0.25) is 0 Å². The van der Waals surface area contributed by atoms with Crippen molar-refractivity contribution in [1.82, 2.24) is 4.90 Å². The zero-order valence-corrected chi connectivity index (χ0v) is 14.4. The van der Waals surface area contributed by atoms with Crippen molar-refractivity contribution in [3.05, 3.63) is 32.2 Å². The van der Waals surface area contributed by atoms with Gasteiger partial charge in [-0.05, 0) is 58.1 Å². The normalized spacial score (nSPS) is 18.4. The number of halogens is 1. The number of ether oxygens (including phenoxy) is 1. The molecule has 2 rings (SSSR count). The number of nitriles is 1. The van der Waals surface area contributed by atoms with E-state index in [2.05, 4.69) is 27.6 Å². The first kappa shape index (κ1) is 15.9. The van der Waals surface area contributed by atoms with Crippen molar-refractivity contribution < 1.29 is 9.53 Å². The number of hydrogen-bond acceptors (Lipinski definition) is 5. The molecule has 1 saturated heterocycles. The number of thioether (sulfide) groups is 1. The number of likely N-dealkylation sites (N-methyl/N-ethyl adjacent to an activating group) is 1. The second-order valence-corrected chi connectivity index (χ2v) is 6.29. The van der Waals surface area contributed by atoms with Gasteiger partial charge in [-0.1, -0.05) is 6.07 Å². The van der Waals surface area contributed by atoms with Crippen molar-refractivity contribution in [3.8, 4) is 11.8 Å². The Bertz CT molecular complexity index is 679. The minimum Gasteiger partial charge on any atom is -0.478 e. The number of aliphatic imine (C=N–C) groups is 1. The van der Waals surface area contributed by atoms with Crippen LogP contribution in [0.5, 0.6) is 5.75 Å². The van der Waals surface area contributed by atoms with Crippen molar-refractivity contribution in [2.75, 3.05) is 20.7 Å². The van der Waals surface area contributed by atoms with Crippen LogP contribution in [0.15, 0.2) is 28.1 Å². The van der Waals surface area contributed by atoms with E-state index in [1.165, 1.54) is 16.7 Å². The zero-order chi connectivity index (χ0) is 15.4. The molecule has 7 heteroatoms. The average Bonchev–Trinajstić information content (AvgIpc) is 2.74. The lowest BCUT2D eigenvalue weighted by atomic mass is 10.2. The number of hydrogen-bond donors (Lipinski definition) is 0. The summed E-state index contributed by atoms with van der Waals surface area (Å²) >= 11 is 3.50. The molecule has 0 N–H and O–H groups in total. The number of amides is 1. The molecule has 108 valence electrons. The Morgan fingerprint density at radius 3 is 2.90 bits per heavy atom. The van der Waals surface area contributed by atoms with E-state index in [-0.39, 0.29) is 12.5 Å². The lowest BCUT2D eigenvalue weighted by Gasteiger charge is -2.06. The van der Waals surface area contributed by atoms with Gasteiger partial charge in [-0.3, -0.25) is 14.7 Å². The summed E-state index contributed by atoms with van der Waals surface area (Å²) in [4.78, 5) is 18.3. The smallest absolute Gasteiger partial charge is 0.266 e. The van der Waals surface area contributed by atoms with Gasteiger partial charge in [0.15, 0.2) is 11.8 Å². The summed E-state index contributed by atoms with van der Waals surface area (Å²) in [5.41, 5.74) is 0.908. The summed E-state index contributed by atoms with van der Waals surface area (Å²) in [6, 6.07) is 7.50. The van der Waals surface area contributed by atoms with Crippen LogP contribution in [0.4, 0.5) is 0 Å². The van der Waals surface area contributed by atoms with E-state index >= 15 is 0 Å². The van der Waals surface area contributed by atoms with E-state index in [1.54, 1.807) is 20.2 Å². The molecule has 1 aliphatic heterocycles. The molecule has 0 spiro atoms. The van der Waals surface area contributed by atoms with Gasteiger partial charge in [0.1, 0.15) is 11.8 Å². The first-order valence-electron chi connectivity index (χ1n) is 6.00. The standard InChI is InChI=1S/C14H12IN3O2S/c1-17-14-18(2)13(19)12(21-14)8-9-3-4-11(10(15)7-9)20-6-5-16/h3-4,7-8H,6H2,1-2H3/b12-8-,17-14?. The molecule has 0 bridgehead atoms. The quantitative estimate of drug-likeness (QED) is 0.565. The first-order valence-corrected chi connectivity index (χ1v) is 7.90. The van der Waals surface area contributed by atoms with Gasteiger partial charge in [0, 0.05) is 14.1 Å². The van der Waals surface area contributed by atoms with E-state index in [4.69, 9.17) is 10.00 Å². The zero-order valence-electron chi connectivity index (χ0n) is 11.5. The van der Waals surface area contributed by atoms with Crippen LogP contribution in [0.1, 0.15) is 5.56 Å². The Morgan fingerprint density at radius 2 is 2.33 bits per heavy atom. The van der Waals surface area contributed by atoms with Gasteiger partial charge >= 0.3 is 0 Å². The SMILES string of the molecule is CN=C1S/C(=C\c2ccc(OCC#N)c(I)c2)C(=O)N1C. The molecule has 0 radical (unpaired) electrons. The number of rotatable bonds is 3. The first-order chi connectivity index (χ1) is 10.1. The van der Waals surface area contributed by atoms with Crippen molar-refractivity contribution in [2.45, 2.75) is 0 Å². The monoisotopic (exact) mass is 413 g/mol. The van der Waals surface area contributed by atoms with Gasteiger partial charge in [0.25, 0.3) is 5.91 Å². The predicted molar refractivity (Wildman–Crippen MR) is 92.0 cm³/mol. The highest BCUT2D eigenvalue weighted by Gasteiger charge is 2.29. The van der Waals surface area contributed by atoms with Crippen molar-refractivity contribution in [1.29, 1.82) is 5.26 Å². The predicted octanol–water partition coefficient (Wildman–Crippen LogP) is 2.73. The fourth-order valence-electron chi connectivity index (χ4n) is 1.73. The summed E-state index contributed by atoms with van der Waals surface area (Å²) < 4.78 is 6.19. The Morgan fingerprint density at radius 1 is 1.57 bits per heavy atom. The summed E-state index contributed by atoms with van der Waals surface area (Å²) in [6.45, 7) is 0.0197. The Hall–Kier alpha value is -1.53. The fourth-order valence-corrected chi connectivity index (χ4v) is 3.36. The number of carbonyl (C=O) groups excluding carboxylic acids is 1. The third-order valence-electron chi connectivity index (χ3n) is 2.74. The van der Waals surface area contributed by atoms with Crippen molar-refractivity contribution in [2.24, 2.45) is 4.99 Å². The minimum atomic E-state index is -0.0552. The van der Waals surface area contributed by atoms with Crippen LogP contribution < -0.4 is 4.74 Å². The third-order valence-corrected chi connectivity index (χ3v) is 4.74. The maximum absolute atomic E-state index is 12.1. The molecule has 1 fully saturated rings. The molecule has 1 heterocycles. The molecule has 1 amide bonds. The topological polar surface area (TPSA) is 65.7 Å². The molecule has 1 aromatic carbocycles. The van der Waals surface area contributed by atoms with E-state index in [0.29, 0.717) is 15.8 Å². The number of nitrogens with zero attached hydrogens (tertiary/aromatic N) is 3. The van der Waals surface area contributed by atoms with Crippen LogP contribution in [0, 0.1) is 14.9 Å². The lowest BCUT2D eigenvalue weighted by molar-refractivity contribution is -0.121. The maximum atomic E-state index is 12.1. The molecule has 0 aliphatic carbocycles. The Balaban J connectivity index is 2.24. The summed E-state index contributed by atoms with van der Waals surface area (Å²) in [5.74, 6) is 0.609. The number of carbonyl (C=O) groups is 1. The molecular formula is C14H12IN3O2S. The van der Waals surface area contributed by atoms with Gasteiger partial charge in [-0.15, -0.1) is 0 Å². The van der Waals surface area contributed by atoms with Crippen LogP contribution >= 0.6 is 34.4 Å². The molecule has 1 aliphatic rings. The number of amidine groups is 1. The van der Waals surface area contributed by atoms with Gasteiger partial charge in [-0.25, -0.2) is 0 Å². The van der Waals surface area contributed by atoms with Crippen molar-refractivity contribution in [3.63, 3.8) is 0 Å². The van der Waals surface area contributed by atoms with E-state index in [1.807, 2.05) is 24.3 Å². The molecule has 21 heavy (non-hydrogen) atoms. The van der Waals surface area contributed by atoms with Gasteiger partial charge in [-0.2, -0.15) is 5.26 Å². The Labute approximate surface area is 140 Å². The van der Waals surface area contributed by atoms with E-state index < -0.39 is 0 Å².